The highest BCUT2D eigenvalue weighted by Crippen LogP contribution is 2.37. The molecule has 1 aliphatic heterocycles. The van der Waals surface area contributed by atoms with E-state index >= 15 is 0 Å². The summed E-state index contributed by atoms with van der Waals surface area (Å²) in [6.07, 6.45) is 0.335. The van der Waals surface area contributed by atoms with Crippen LogP contribution < -0.4 is 0 Å². The molecule has 2 unspecified atom stereocenters. The summed E-state index contributed by atoms with van der Waals surface area (Å²) in [7, 11) is 0. The maximum atomic E-state index is 5.82. The lowest BCUT2D eigenvalue weighted by Gasteiger charge is -2.26. The van der Waals surface area contributed by atoms with Gasteiger partial charge in [-0.1, -0.05) is 0 Å². The average Bonchev–Trinajstić information content (AvgIpc) is 2.98. The van der Waals surface area contributed by atoms with Gasteiger partial charge < -0.3 is 9.47 Å². The van der Waals surface area contributed by atoms with Crippen molar-refractivity contribution >= 4 is 22.7 Å². The molecule has 1 fully saturated rings. The SMILES string of the molecule is Cc1ccc(-c2ccc(C3COC(C)CO3)s2)s1. The van der Waals surface area contributed by atoms with Crippen LogP contribution in [0.1, 0.15) is 22.8 Å². The summed E-state index contributed by atoms with van der Waals surface area (Å²) in [6.45, 7) is 5.55. The zero-order valence-electron chi connectivity index (χ0n) is 10.5. The molecule has 2 aromatic heterocycles. The molecule has 0 amide bonds. The molecule has 18 heavy (non-hydrogen) atoms. The van der Waals surface area contributed by atoms with Crippen LogP contribution in [0.3, 0.4) is 0 Å². The van der Waals surface area contributed by atoms with E-state index in [2.05, 4.69) is 31.2 Å². The molecule has 1 aliphatic rings. The fourth-order valence-corrected chi connectivity index (χ4v) is 3.99. The van der Waals surface area contributed by atoms with Crippen LogP contribution >= 0.6 is 22.7 Å². The van der Waals surface area contributed by atoms with E-state index in [1.165, 1.54) is 19.5 Å². The summed E-state index contributed by atoms with van der Waals surface area (Å²) in [5, 5.41) is 0. The Bertz CT molecular complexity index is 521. The molecular formula is C14H16O2S2. The second-order valence-corrected chi connectivity index (χ2v) is 6.98. The van der Waals surface area contributed by atoms with Gasteiger partial charge >= 0.3 is 0 Å². The molecule has 0 bridgehead atoms. The third-order valence-corrected chi connectivity index (χ3v) is 5.37. The number of hydrogen-bond acceptors (Lipinski definition) is 4. The molecular weight excluding hydrogens is 264 g/mol. The van der Waals surface area contributed by atoms with Crippen molar-refractivity contribution in [3.63, 3.8) is 0 Å². The molecule has 0 aliphatic carbocycles. The molecule has 96 valence electrons. The Morgan fingerprint density at radius 3 is 2.44 bits per heavy atom. The van der Waals surface area contributed by atoms with Crippen molar-refractivity contribution in [2.75, 3.05) is 13.2 Å². The van der Waals surface area contributed by atoms with Crippen LogP contribution in [0.15, 0.2) is 24.3 Å². The molecule has 0 spiro atoms. The Morgan fingerprint density at radius 2 is 1.78 bits per heavy atom. The van der Waals surface area contributed by atoms with Crippen molar-refractivity contribution in [1.82, 2.24) is 0 Å². The first-order chi connectivity index (χ1) is 8.72. The van der Waals surface area contributed by atoms with Crippen LogP contribution in [0, 0.1) is 6.92 Å². The first-order valence-electron chi connectivity index (χ1n) is 6.12. The van der Waals surface area contributed by atoms with Gasteiger partial charge in [0.1, 0.15) is 6.10 Å². The van der Waals surface area contributed by atoms with Crippen LogP contribution in [0.25, 0.3) is 9.75 Å². The molecule has 2 atom stereocenters. The second-order valence-electron chi connectivity index (χ2n) is 4.58. The van der Waals surface area contributed by atoms with E-state index in [0.29, 0.717) is 13.2 Å². The van der Waals surface area contributed by atoms with E-state index in [-0.39, 0.29) is 12.2 Å². The van der Waals surface area contributed by atoms with Gasteiger partial charge in [-0.25, -0.2) is 0 Å². The Morgan fingerprint density at radius 1 is 1.00 bits per heavy atom. The molecule has 3 heterocycles. The standard InChI is InChI=1S/C14H16O2S2/c1-9-7-16-11(8-15-9)12-5-6-14(18-12)13-4-3-10(2)17-13/h3-6,9,11H,7-8H2,1-2H3. The van der Waals surface area contributed by atoms with Gasteiger partial charge in [-0.15, -0.1) is 22.7 Å². The fraction of sp³-hybridized carbons (Fsp3) is 0.429. The van der Waals surface area contributed by atoms with E-state index in [1.807, 2.05) is 29.6 Å². The number of rotatable bonds is 2. The van der Waals surface area contributed by atoms with Crippen molar-refractivity contribution in [2.45, 2.75) is 26.1 Å². The molecule has 3 rings (SSSR count). The van der Waals surface area contributed by atoms with Gasteiger partial charge in [-0.2, -0.15) is 0 Å². The predicted molar refractivity (Wildman–Crippen MR) is 76.5 cm³/mol. The Hall–Kier alpha value is -0.680. The van der Waals surface area contributed by atoms with Crippen LogP contribution in [-0.4, -0.2) is 19.3 Å². The van der Waals surface area contributed by atoms with Crippen molar-refractivity contribution in [1.29, 1.82) is 0 Å². The van der Waals surface area contributed by atoms with E-state index in [1.54, 1.807) is 0 Å². The Balaban J connectivity index is 1.77. The quantitative estimate of drug-likeness (QED) is 0.818. The van der Waals surface area contributed by atoms with E-state index in [0.717, 1.165) is 0 Å². The third-order valence-electron chi connectivity index (χ3n) is 2.99. The van der Waals surface area contributed by atoms with Gasteiger partial charge in [0.2, 0.25) is 0 Å². The van der Waals surface area contributed by atoms with Gasteiger partial charge in [0.25, 0.3) is 0 Å². The van der Waals surface area contributed by atoms with Crippen molar-refractivity contribution in [3.05, 3.63) is 34.0 Å². The summed E-state index contributed by atoms with van der Waals surface area (Å²) >= 11 is 3.65. The molecule has 2 aromatic rings. The number of ether oxygens (including phenoxy) is 2. The highest BCUT2D eigenvalue weighted by molar-refractivity contribution is 7.22. The van der Waals surface area contributed by atoms with Gasteiger partial charge in [0.15, 0.2) is 0 Å². The highest BCUT2D eigenvalue weighted by atomic mass is 32.1. The highest BCUT2D eigenvalue weighted by Gasteiger charge is 2.22. The predicted octanol–water partition coefficient (Wildman–Crippen LogP) is 4.26. The van der Waals surface area contributed by atoms with Gasteiger partial charge in [0.05, 0.1) is 19.3 Å². The van der Waals surface area contributed by atoms with E-state index in [9.17, 15) is 0 Å². The zero-order valence-corrected chi connectivity index (χ0v) is 12.1. The van der Waals surface area contributed by atoms with Crippen LogP contribution in [0.4, 0.5) is 0 Å². The molecule has 0 saturated carbocycles. The molecule has 0 N–H and O–H groups in total. The Kier molecular flexibility index (Phi) is 3.52. The maximum absolute atomic E-state index is 5.82. The second kappa shape index (κ2) is 5.13. The van der Waals surface area contributed by atoms with Crippen molar-refractivity contribution in [3.8, 4) is 9.75 Å². The zero-order chi connectivity index (χ0) is 12.5. The lowest BCUT2D eigenvalue weighted by atomic mass is 10.2. The summed E-state index contributed by atoms with van der Waals surface area (Å²) in [5.74, 6) is 0. The van der Waals surface area contributed by atoms with Crippen LogP contribution in [0.2, 0.25) is 0 Å². The largest absolute Gasteiger partial charge is 0.373 e. The van der Waals surface area contributed by atoms with Crippen molar-refractivity contribution < 1.29 is 9.47 Å². The van der Waals surface area contributed by atoms with Gasteiger partial charge in [0, 0.05) is 19.5 Å². The number of hydrogen-bond donors (Lipinski definition) is 0. The third kappa shape index (κ3) is 2.52. The summed E-state index contributed by atoms with van der Waals surface area (Å²) in [5.41, 5.74) is 0. The lowest BCUT2D eigenvalue weighted by molar-refractivity contribution is -0.127. The van der Waals surface area contributed by atoms with E-state index < -0.39 is 0 Å². The lowest BCUT2D eigenvalue weighted by Crippen LogP contribution is -2.28. The molecule has 1 saturated heterocycles. The van der Waals surface area contributed by atoms with Gasteiger partial charge in [-0.3, -0.25) is 0 Å². The van der Waals surface area contributed by atoms with Crippen LogP contribution in [-0.2, 0) is 9.47 Å². The number of aryl methyl sites for hydroxylation is 1. The summed E-state index contributed by atoms with van der Waals surface area (Å²) < 4.78 is 11.5. The average molecular weight is 280 g/mol. The smallest absolute Gasteiger partial charge is 0.115 e. The Labute approximate surface area is 115 Å². The van der Waals surface area contributed by atoms with Crippen LogP contribution in [0.5, 0.6) is 0 Å². The van der Waals surface area contributed by atoms with Gasteiger partial charge in [-0.05, 0) is 38.1 Å². The molecule has 2 nitrogen and oxygen atoms in total. The summed E-state index contributed by atoms with van der Waals surface area (Å²) in [4.78, 5) is 5.29. The first kappa shape index (κ1) is 12.4. The monoisotopic (exact) mass is 280 g/mol. The minimum atomic E-state index is 0.112. The first-order valence-corrected chi connectivity index (χ1v) is 7.75. The minimum absolute atomic E-state index is 0.112. The summed E-state index contributed by atoms with van der Waals surface area (Å²) in [6, 6.07) is 8.71. The number of thiophene rings is 2. The normalized spacial score (nSPS) is 24.3. The van der Waals surface area contributed by atoms with E-state index in [4.69, 9.17) is 9.47 Å². The van der Waals surface area contributed by atoms with Crippen molar-refractivity contribution in [2.24, 2.45) is 0 Å². The topological polar surface area (TPSA) is 18.5 Å². The fourth-order valence-electron chi connectivity index (χ4n) is 1.99. The molecule has 0 aromatic carbocycles. The molecule has 0 radical (unpaired) electrons. The maximum Gasteiger partial charge on any atom is 0.115 e. The molecule has 4 heteroatoms. The minimum Gasteiger partial charge on any atom is -0.373 e.